The molecule has 2 atom stereocenters. The summed E-state index contributed by atoms with van der Waals surface area (Å²) in [6, 6.07) is 6.66. The van der Waals surface area contributed by atoms with E-state index in [2.05, 4.69) is 17.2 Å². The monoisotopic (exact) mass is 270 g/mol. The van der Waals surface area contributed by atoms with Gasteiger partial charge in [-0.05, 0) is 42.3 Å². The van der Waals surface area contributed by atoms with Gasteiger partial charge in [-0.25, -0.2) is 4.98 Å². The Morgan fingerprint density at radius 1 is 1.30 bits per heavy atom. The summed E-state index contributed by atoms with van der Waals surface area (Å²) in [6.45, 7) is 2.55. The molecule has 20 heavy (non-hydrogen) atoms. The molecular formula is C16H18N2O2. The smallest absolute Gasteiger partial charge is 0.231 e. The molecular weight excluding hydrogens is 252 g/mol. The molecule has 1 saturated carbocycles. The number of rotatable bonds is 4. The van der Waals surface area contributed by atoms with Crippen LogP contribution in [-0.2, 0) is 0 Å². The van der Waals surface area contributed by atoms with E-state index in [1.54, 1.807) is 0 Å². The Balaban J connectivity index is 1.66. The van der Waals surface area contributed by atoms with Crippen LogP contribution in [0.15, 0.2) is 24.4 Å². The maximum atomic E-state index is 5.46. The molecule has 0 saturated heterocycles. The molecule has 2 aromatic rings. The standard InChI is InChI=1S/C16H18N2O2/c1-2-3-11-6-13(11)18-16-12-8-15-14(19-9-20-15)7-10(12)4-5-17-16/h4-5,7-8,11,13H,2-3,6,9H2,1H3,(H,17,18). The number of fused-ring (bicyclic) bond motifs is 2. The van der Waals surface area contributed by atoms with Crippen LogP contribution < -0.4 is 14.8 Å². The third kappa shape index (κ3) is 1.96. The Labute approximate surface area is 118 Å². The zero-order valence-electron chi connectivity index (χ0n) is 11.6. The lowest BCUT2D eigenvalue weighted by Crippen LogP contribution is -2.06. The normalized spacial score (nSPS) is 23.1. The second-order valence-electron chi connectivity index (χ2n) is 5.62. The first-order chi connectivity index (χ1) is 9.85. The molecule has 0 amide bonds. The minimum absolute atomic E-state index is 0.309. The summed E-state index contributed by atoms with van der Waals surface area (Å²) in [6.07, 6.45) is 5.67. The van der Waals surface area contributed by atoms with Crippen LogP contribution in [0.2, 0.25) is 0 Å². The molecule has 2 unspecified atom stereocenters. The van der Waals surface area contributed by atoms with E-state index in [0.29, 0.717) is 12.8 Å². The van der Waals surface area contributed by atoms with E-state index in [-0.39, 0.29) is 0 Å². The van der Waals surface area contributed by atoms with Gasteiger partial charge >= 0.3 is 0 Å². The summed E-state index contributed by atoms with van der Waals surface area (Å²) in [7, 11) is 0. The predicted molar refractivity (Wildman–Crippen MR) is 78.3 cm³/mol. The van der Waals surface area contributed by atoms with Crippen LogP contribution in [0.5, 0.6) is 11.5 Å². The predicted octanol–water partition coefficient (Wildman–Crippen LogP) is 3.56. The van der Waals surface area contributed by atoms with Crippen molar-refractivity contribution >= 4 is 16.6 Å². The summed E-state index contributed by atoms with van der Waals surface area (Å²) >= 11 is 0. The van der Waals surface area contributed by atoms with Crippen molar-refractivity contribution in [2.45, 2.75) is 32.2 Å². The fourth-order valence-electron chi connectivity index (χ4n) is 2.97. The summed E-state index contributed by atoms with van der Waals surface area (Å²) in [5.74, 6) is 3.41. The van der Waals surface area contributed by atoms with Gasteiger partial charge in [0.15, 0.2) is 11.5 Å². The number of hydrogen-bond donors (Lipinski definition) is 1. The molecule has 1 N–H and O–H groups in total. The van der Waals surface area contributed by atoms with Crippen molar-refractivity contribution in [1.29, 1.82) is 0 Å². The van der Waals surface area contributed by atoms with Crippen molar-refractivity contribution in [2.75, 3.05) is 12.1 Å². The summed E-state index contributed by atoms with van der Waals surface area (Å²) in [5.41, 5.74) is 0. The minimum atomic E-state index is 0.309. The van der Waals surface area contributed by atoms with E-state index in [1.807, 2.05) is 24.4 Å². The quantitative estimate of drug-likeness (QED) is 0.922. The highest BCUT2D eigenvalue weighted by molar-refractivity contribution is 5.94. The van der Waals surface area contributed by atoms with Gasteiger partial charge in [-0.1, -0.05) is 13.3 Å². The van der Waals surface area contributed by atoms with E-state index in [0.717, 1.165) is 34.0 Å². The van der Waals surface area contributed by atoms with Crippen LogP contribution in [0.3, 0.4) is 0 Å². The lowest BCUT2D eigenvalue weighted by molar-refractivity contribution is 0.174. The number of nitrogens with zero attached hydrogens (tertiary/aromatic N) is 1. The lowest BCUT2D eigenvalue weighted by Gasteiger charge is -2.09. The lowest BCUT2D eigenvalue weighted by atomic mass is 10.1. The molecule has 4 heteroatoms. The number of pyridine rings is 1. The highest BCUT2D eigenvalue weighted by atomic mass is 16.7. The first kappa shape index (κ1) is 11.8. The molecule has 104 valence electrons. The molecule has 1 fully saturated rings. The molecule has 1 aromatic heterocycles. The average Bonchev–Trinajstić information content (AvgIpc) is 3.01. The van der Waals surface area contributed by atoms with Crippen molar-refractivity contribution in [3.8, 4) is 11.5 Å². The van der Waals surface area contributed by atoms with E-state index in [1.165, 1.54) is 19.3 Å². The third-order valence-electron chi connectivity index (χ3n) is 4.16. The molecule has 0 radical (unpaired) electrons. The van der Waals surface area contributed by atoms with Crippen molar-refractivity contribution in [1.82, 2.24) is 4.98 Å². The molecule has 1 aliphatic heterocycles. The average molecular weight is 270 g/mol. The molecule has 0 spiro atoms. The van der Waals surface area contributed by atoms with Crippen LogP contribution in [0.25, 0.3) is 10.8 Å². The zero-order chi connectivity index (χ0) is 13.5. The number of ether oxygens (including phenoxy) is 2. The summed E-state index contributed by atoms with van der Waals surface area (Å²) in [4.78, 5) is 4.50. The maximum absolute atomic E-state index is 5.46. The molecule has 4 rings (SSSR count). The van der Waals surface area contributed by atoms with Crippen molar-refractivity contribution in [3.63, 3.8) is 0 Å². The summed E-state index contributed by atoms with van der Waals surface area (Å²) in [5, 5.41) is 5.83. The number of benzene rings is 1. The van der Waals surface area contributed by atoms with Crippen LogP contribution >= 0.6 is 0 Å². The van der Waals surface area contributed by atoms with Gasteiger partial charge in [0.25, 0.3) is 0 Å². The molecule has 1 aromatic carbocycles. The second-order valence-corrected chi connectivity index (χ2v) is 5.62. The van der Waals surface area contributed by atoms with E-state index >= 15 is 0 Å². The van der Waals surface area contributed by atoms with Gasteiger partial charge in [0.2, 0.25) is 6.79 Å². The number of hydrogen-bond acceptors (Lipinski definition) is 4. The first-order valence-electron chi connectivity index (χ1n) is 7.30. The van der Waals surface area contributed by atoms with Crippen LogP contribution in [0, 0.1) is 5.92 Å². The SMILES string of the molecule is CCCC1CC1Nc1nccc2cc3c(cc12)OCO3. The maximum Gasteiger partial charge on any atom is 0.231 e. The zero-order valence-corrected chi connectivity index (χ0v) is 11.6. The third-order valence-corrected chi connectivity index (χ3v) is 4.16. The number of aromatic nitrogens is 1. The van der Waals surface area contributed by atoms with Gasteiger partial charge in [-0.15, -0.1) is 0 Å². The van der Waals surface area contributed by atoms with E-state index in [4.69, 9.17) is 9.47 Å². The van der Waals surface area contributed by atoms with E-state index < -0.39 is 0 Å². The van der Waals surface area contributed by atoms with Gasteiger partial charge in [0.1, 0.15) is 5.82 Å². The van der Waals surface area contributed by atoms with Crippen molar-refractivity contribution in [3.05, 3.63) is 24.4 Å². The highest BCUT2D eigenvalue weighted by Crippen LogP contribution is 2.41. The molecule has 0 bridgehead atoms. The fourth-order valence-corrected chi connectivity index (χ4v) is 2.97. The van der Waals surface area contributed by atoms with Gasteiger partial charge in [-0.3, -0.25) is 0 Å². The Morgan fingerprint density at radius 2 is 2.15 bits per heavy atom. The molecule has 1 aliphatic carbocycles. The topological polar surface area (TPSA) is 43.4 Å². The second kappa shape index (κ2) is 4.54. The van der Waals surface area contributed by atoms with Crippen LogP contribution in [0.1, 0.15) is 26.2 Å². The van der Waals surface area contributed by atoms with Crippen LogP contribution in [0.4, 0.5) is 5.82 Å². The van der Waals surface area contributed by atoms with Gasteiger partial charge in [-0.2, -0.15) is 0 Å². The van der Waals surface area contributed by atoms with Gasteiger partial charge in [0, 0.05) is 17.6 Å². The van der Waals surface area contributed by atoms with Crippen LogP contribution in [-0.4, -0.2) is 17.8 Å². The Kier molecular flexibility index (Phi) is 2.69. The van der Waals surface area contributed by atoms with Crippen molar-refractivity contribution < 1.29 is 9.47 Å². The Morgan fingerprint density at radius 3 is 3.00 bits per heavy atom. The molecule has 2 aliphatic rings. The highest BCUT2D eigenvalue weighted by Gasteiger charge is 2.36. The Bertz CT molecular complexity index is 656. The molecule has 4 nitrogen and oxygen atoms in total. The minimum Gasteiger partial charge on any atom is -0.454 e. The van der Waals surface area contributed by atoms with Gasteiger partial charge < -0.3 is 14.8 Å². The molecule has 2 heterocycles. The van der Waals surface area contributed by atoms with Crippen molar-refractivity contribution in [2.24, 2.45) is 5.92 Å². The number of anilines is 1. The first-order valence-corrected chi connectivity index (χ1v) is 7.30. The Hall–Kier alpha value is -1.97. The van der Waals surface area contributed by atoms with E-state index in [9.17, 15) is 0 Å². The summed E-state index contributed by atoms with van der Waals surface area (Å²) < 4.78 is 10.9. The van der Waals surface area contributed by atoms with Gasteiger partial charge in [0.05, 0.1) is 0 Å². The fraction of sp³-hybridized carbons (Fsp3) is 0.438. The number of nitrogens with one attached hydrogen (secondary N) is 1. The largest absolute Gasteiger partial charge is 0.454 e.